The minimum absolute atomic E-state index is 0.840. The van der Waals surface area contributed by atoms with Crippen LogP contribution in [0.15, 0.2) is 24.3 Å². The van der Waals surface area contributed by atoms with Crippen molar-refractivity contribution in [2.45, 2.75) is 50.9 Å². The first-order chi connectivity index (χ1) is 7.90. The number of aryl methyl sites for hydroxylation is 1. The Kier molecular flexibility index (Phi) is 4.77. The second-order valence-corrected chi connectivity index (χ2v) is 5.35. The molecule has 0 radical (unpaired) electrons. The molecule has 0 aromatic heterocycles. The highest BCUT2D eigenvalue weighted by atomic mass is 32.1. The molecule has 0 spiro atoms. The van der Waals surface area contributed by atoms with E-state index in [1.807, 2.05) is 0 Å². The second kappa shape index (κ2) is 6.34. The van der Waals surface area contributed by atoms with Gasteiger partial charge < -0.3 is 0 Å². The van der Waals surface area contributed by atoms with Crippen molar-refractivity contribution in [1.82, 2.24) is 0 Å². The van der Waals surface area contributed by atoms with Gasteiger partial charge in [0.2, 0.25) is 0 Å². The summed E-state index contributed by atoms with van der Waals surface area (Å²) in [5.41, 5.74) is 3.03. The van der Waals surface area contributed by atoms with Crippen LogP contribution in [0.2, 0.25) is 0 Å². The lowest BCUT2D eigenvalue weighted by atomic mass is 9.84. The Balaban J connectivity index is 1.95. The van der Waals surface area contributed by atoms with Crippen molar-refractivity contribution < 1.29 is 0 Å². The Bertz CT molecular complexity index is 296. The third-order valence-corrected chi connectivity index (χ3v) is 4.00. The van der Waals surface area contributed by atoms with Crippen LogP contribution in [0.1, 0.15) is 55.6 Å². The average Bonchev–Trinajstić information content (AvgIpc) is 2.38. The van der Waals surface area contributed by atoms with Gasteiger partial charge >= 0.3 is 0 Å². The molecule has 0 saturated heterocycles. The SMILES string of the molecule is SCCCc1ccc(C2CCCCC2)cc1. The fraction of sp³-hybridized carbons (Fsp3) is 0.600. The highest BCUT2D eigenvalue weighted by Crippen LogP contribution is 2.32. The monoisotopic (exact) mass is 234 g/mol. The first-order valence-electron chi connectivity index (χ1n) is 6.60. The molecule has 1 saturated carbocycles. The maximum atomic E-state index is 4.25. The van der Waals surface area contributed by atoms with E-state index in [0.29, 0.717) is 0 Å². The molecule has 0 heterocycles. The fourth-order valence-electron chi connectivity index (χ4n) is 2.68. The predicted octanol–water partition coefficient (Wildman–Crippen LogP) is 4.60. The Hall–Kier alpha value is -0.430. The van der Waals surface area contributed by atoms with Crippen molar-refractivity contribution in [3.8, 4) is 0 Å². The van der Waals surface area contributed by atoms with Crippen molar-refractivity contribution in [1.29, 1.82) is 0 Å². The Morgan fingerprint density at radius 1 is 1.00 bits per heavy atom. The quantitative estimate of drug-likeness (QED) is 0.723. The molecule has 0 amide bonds. The molecule has 1 aromatic rings. The van der Waals surface area contributed by atoms with Crippen LogP contribution in [-0.4, -0.2) is 5.75 Å². The summed E-state index contributed by atoms with van der Waals surface area (Å²) in [6, 6.07) is 9.33. The van der Waals surface area contributed by atoms with E-state index in [-0.39, 0.29) is 0 Å². The molecule has 88 valence electrons. The summed E-state index contributed by atoms with van der Waals surface area (Å²) < 4.78 is 0. The van der Waals surface area contributed by atoms with E-state index in [4.69, 9.17) is 0 Å². The largest absolute Gasteiger partial charge is 0.179 e. The molecule has 16 heavy (non-hydrogen) atoms. The smallest absolute Gasteiger partial charge is 0.00947 e. The number of thiol groups is 1. The average molecular weight is 234 g/mol. The van der Waals surface area contributed by atoms with Gasteiger partial charge in [0.05, 0.1) is 0 Å². The van der Waals surface area contributed by atoms with Crippen molar-refractivity contribution in [2.75, 3.05) is 5.75 Å². The number of benzene rings is 1. The van der Waals surface area contributed by atoms with Gasteiger partial charge in [-0.3, -0.25) is 0 Å². The van der Waals surface area contributed by atoms with Crippen molar-refractivity contribution in [3.63, 3.8) is 0 Å². The van der Waals surface area contributed by atoms with Gasteiger partial charge in [0.15, 0.2) is 0 Å². The maximum Gasteiger partial charge on any atom is -0.00947 e. The molecule has 1 aromatic carbocycles. The van der Waals surface area contributed by atoms with E-state index in [0.717, 1.165) is 11.7 Å². The lowest BCUT2D eigenvalue weighted by Crippen LogP contribution is -2.04. The zero-order chi connectivity index (χ0) is 11.2. The summed E-state index contributed by atoms with van der Waals surface area (Å²) in [6.07, 6.45) is 9.45. The first-order valence-corrected chi connectivity index (χ1v) is 7.23. The van der Waals surface area contributed by atoms with Gasteiger partial charge in [0.25, 0.3) is 0 Å². The van der Waals surface area contributed by atoms with Crippen LogP contribution in [-0.2, 0) is 6.42 Å². The topological polar surface area (TPSA) is 0 Å². The van der Waals surface area contributed by atoms with Crippen LogP contribution in [0.3, 0.4) is 0 Å². The molecule has 1 heteroatoms. The summed E-state index contributed by atoms with van der Waals surface area (Å²) in [7, 11) is 0. The van der Waals surface area contributed by atoms with E-state index >= 15 is 0 Å². The summed E-state index contributed by atoms with van der Waals surface area (Å²) >= 11 is 4.25. The van der Waals surface area contributed by atoms with Crippen molar-refractivity contribution >= 4 is 12.6 Å². The van der Waals surface area contributed by atoms with Gasteiger partial charge in [-0.05, 0) is 48.5 Å². The van der Waals surface area contributed by atoms with Crippen molar-refractivity contribution in [2.24, 2.45) is 0 Å². The molecule has 1 aliphatic rings. The van der Waals surface area contributed by atoms with E-state index < -0.39 is 0 Å². The highest BCUT2D eigenvalue weighted by Gasteiger charge is 2.14. The molecule has 0 aliphatic heterocycles. The Morgan fingerprint density at radius 3 is 2.31 bits per heavy atom. The molecule has 0 N–H and O–H groups in total. The van der Waals surface area contributed by atoms with Gasteiger partial charge in [0, 0.05) is 0 Å². The molecule has 0 atom stereocenters. The molecule has 1 fully saturated rings. The van der Waals surface area contributed by atoms with E-state index in [1.165, 1.54) is 50.5 Å². The molecule has 0 bridgehead atoms. The predicted molar refractivity (Wildman–Crippen MR) is 74.4 cm³/mol. The van der Waals surface area contributed by atoms with Crippen LogP contribution in [0.25, 0.3) is 0 Å². The zero-order valence-corrected chi connectivity index (χ0v) is 10.9. The standard InChI is InChI=1S/C15H22S/c16-12-4-5-13-8-10-15(11-9-13)14-6-2-1-3-7-14/h8-11,14,16H,1-7,12H2. The summed E-state index contributed by atoms with van der Waals surface area (Å²) in [5, 5.41) is 0. The number of hydrogen-bond donors (Lipinski definition) is 1. The first kappa shape index (κ1) is 12.0. The van der Waals surface area contributed by atoms with Crippen LogP contribution < -0.4 is 0 Å². The second-order valence-electron chi connectivity index (χ2n) is 4.90. The normalized spacial score (nSPS) is 17.6. The van der Waals surface area contributed by atoms with Gasteiger partial charge in [-0.2, -0.15) is 12.6 Å². The minimum atomic E-state index is 0.840. The molecular weight excluding hydrogens is 212 g/mol. The third-order valence-electron chi connectivity index (χ3n) is 3.68. The van der Waals surface area contributed by atoms with Crippen LogP contribution in [0, 0.1) is 0 Å². The van der Waals surface area contributed by atoms with Gasteiger partial charge in [0.1, 0.15) is 0 Å². The Labute approximate surface area is 105 Å². The summed E-state index contributed by atoms with van der Waals surface area (Å²) in [5.74, 6) is 1.83. The Morgan fingerprint density at radius 2 is 1.69 bits per heavy atom. The van der Waals surface area contributed by atoms with Crippen molar-refractivity contribution in [3.05, 3.63) is 35.4 Å². The number of hydrogen-bond acceptors (Lipinski definition) is 1. The highest BCUT2D eigenvalue weighted by molar-refractivity contribution is 7.80. The van der Waals surface area contributed by atoms with E-state index in [9.17, 15) is 0 Å². The van der Waals surface area contributed by atoms with Gasteiger partial charge in [-0.1, -0.05) is 43.5 Å². The fourth-order valence-corrected chi connectivity index (χ4v) is 2.83. The molecule has 0 unspecified atom stereocenters. The van der Waals surface area contributed by atoms with E-state index in [2.05, 4.69) is 36.9 Å². The molecule has 2 rings (SSSR count). The van der Waals surface area contributed by atoms with Gasteiger partial charge in [-0.25, -0.2) is 0 Å². The molecular formula is C15H22S. The lowest BCUT2D eigenvalue weighted by Gasteiger charge is -2.22. The summed E-state index contributed by atoms with van der Waals surface area (Å²) in [6.45, 7) is 0. The minimum Gasteiger partial charge on any atom is -0.179 e. The molecule has 0 nitrogen and oxygen atoms in total. The number of rotatable bonds is 4. The van der Waals surface area contributed by atoms with Crippen LogP contribution in [0.5, 0.6) is 0 Å². The lowest BCUT2D eigenvalue weighted by molar-refractivity contribution is 0.443. The van der Waals surface area contributed by atoms with E-state index in [1.54, 1.807) is 5.56 Å². The van der Waals surface area contributed by atoms with Crippen LogP contribution in [0.4, 0.5) is 0 Å². The summed E-state index contributed by atoms with van der Waals surface area (Å²) in [4.78, 5) is 0. The van der Waals surface area contributed by atoms with Gasteiger partial charge in [-0.15, -0.1) is 0 Å². The maximum absolute atomic E-state index is 4.25. The zero-order valence-electron chi connectivity index (χ0n) is 9.99. The van der Waals surface area contributed by atoms with Crippen LogP contribution >= 0.6 is 12.6 Å². The molecule has 1 aliphatic carbocycles. The third kappa shape index (κ3) is 3.28.